The van der Waals surface area contributed by atoms with Crippen molar-refractivity contribution in [3.8, 4) is 0 Å². The Balaban J connectivity index is 1.68. The maximum atomic E-state index is 12.6. The van der Waals surface area contributed by atoms with Crippen LogP contribution in [0.4, 0.5) is 5.69 Å². The minimum Gasteiger partial charge on any atom is -0.348 e. The molecule has 0 radical (unpaired) electrons. The van der Waals surface area contributed by atoms with E-state index in [1.54, 1.807) is 11.9 Å². The molecule has 3 rings (SSSR count). The summed E-state index contributed by atoms with van der Waals surface area (Å²) in [7, 11) is 0. The molecule has 1 amide bonds. The number of carbonyl (C=O) groups is 1. The molecule has 0 unspecified atom stereocenters. The molecule has 0 aromatic heterocycles. The molecule has 0 bridgehead atoms. The van der Waals surface area contributed by atoms with E-state index in [4.69, 9.17) is 0 Å². The minimum absolute atomic E-state index is 0.0680. The Bertz CT molecular complexity index is 913. The van der Waals surface area contributed by atoms with E-state index in [2.05, 4.69) is 42.6 Å². The van der Waals surface area contributed by atoms with Crippen LogP contribution >= 0.6 is 11.9 Å². The highest BCUT2D eigenvalue weighted by Crippen LogP contribution is 2.37. The summed E-state index contributed by atoms with van der Waals surface area (Å²) in [4.78, 5) is 12.6. The average molecular weight is 393 g/mol. The molecule has 0 heterocycles. The summed E-state index contributed by atoms with van der Waals surface area (Å²) in [5.74, 6) is 0.670. The van der Waals surface area contributed by atoms with Crippen LogP contribution in [0.25, 0.3) is 12.2 Å². The highest BCUT2D eigenvalue weighted by atomic mass is 32.2. The lowest BCUT2D eigenvalue weighted by molar-refractivity contribution is 0.0951. The Morgan fingerprint density at radius 1 is 1.21 bits per heavy atom. The fraction of sp³-hybridized carbons (Fsp3) is 0.292. The van der Waals surface area contributed by atoms with Crippen LogP contribution in [0.5, 0.6) is 0 Å². The minimum atomic E-state index is -0.0680. The normalized spacial score (nSPS) is 13.9. The molecule has 2 aromatic rings. The molecule has 2 N–H and O–H groups in total. The van der Waals surface area contributed by atoms with Crippen molar-refractivity contribution in [2.45, 2.75) is 33.2 Å². The van der Waals surface area contributed by atoms with Gasteiger partial charge >= 0.3 is 0 Å². The molecule has 2 aromatic carbocycles. The van der Waals surface area contributed by atoms with Crippen LogP contribution in [-0.2, 0) is 6.54 Å². The van der Waals surface area contributed by atoms with Gasteiger partial charge in [-0.25, -0.2) is 0 Å². The number of carbonyl (C=O) groups excluding carboxylic acids is 1. The van der Waals surface area contributed by atoms with Crippen LogP contribution in [0.3, 0.4) is 0 Å². The van der Waals surface area contributed by atoms with E-state index >= 15 is 0 Å². The standard InChI is InChI=1S/C24H28N2OS/c1-5-19-14-22(10-9-21(19)13-16(2)20-7-8-20)24(27)25-15-18-6-11-23(26-28-4)17(3)12-18/h5-6,9-14,20,26H,1,7-8,15H2,2-4H3,(H,25,27)/b16-13+. The Morgan fingerprint density at radius 3 is 2.64 bits per heavy atom. The number of hydrogen-bond donors (Lipinski definition) is 2. The zero-order chi connectivity index (χ0) is 20.1. The Morgan fingerprint density at radius 2 is 2.00 bits per heavy atom. The van der Waals surface area contributed by atoms with E-state index in [1.165, 1.54) is 18.4 Å². The molecule has 1 saturated carbocycles. The highest BCUT2D eigenvalue weighted by molar-refractivity contribution is 7.99. The Kier molecular flexibility index (Phi) is 6.63. The van der Waals surface area contributed by atoms with Crippen molar-refractivity contribution in [3.63, 3.8) is 0 Å². The first kappa shape index (κ1) is 20.3. The van der Waals surface area contributed by atoms with Gasteiger partial charge in [0.25, 0.3) is 5.91 Å². The molecule has 0 saturated heterocycles. The van der Waals surface area contributed by atoms with Crippen LogP contribution in [0.15, 0.2) is 48.6 Å². The van der Waals surface area contributed by atoms with Crippen molar-refractivity contribution < 1.29 is 4.79 Å². The lowest BCUT2D eigenvalue weighted by Crippen LogP contribution is -2.23. The number of anilines is 1. The van der Waals surface area contributed by atoms with Crippen LogP contribution in [0, 0.1) is 12.8 Å². The smallest absolute Gasteiger partial charge is 0.251 e. The van der Waals surface area contributed by atoms with E-state index in [0.29, 0.717) is 12.1 Å². The number of rotatable bonds is 8. The number of amides is 1. The first-order chi connectivity index (χ1) is 13.5. The molecule has 1 aliphatic carbocycles. The van der Waals surface area contributed by atoms with Gasteiger partial charge in [0, 0.05) is 24.1 Å². The number of aryl methyl sites for hydroxylation is 1. The maximum absolute atomic E-state index is 12.6. The van der Waals surface area contributed by atoms with Gasteiger partial charge in [0.2, 0.25) is 0 Å². The Labute approximate surface area is 172 Å². The fourth-order valence-electron chi connectivity index (χ4n) is 3.27. The molecule has 146 valence electrons. The first-order valence-electron chi connectivity index (χ1n) is 9.63. The lowest BCUT2D eigenvalue weighted by Gasteiger charge is -2.11. The van der Waals surface area contributed by atoms with Crippen molar-refractivity contribution in [2.24, 2.45) is 5.92 Å². The quantitative estimate of drug-likeness (QED) is 0.536. The monoisotopic (exact) mass is 392 g/mol. The molecule has 4 heteroatoms. The van der Waals surface area contributed by atoms with Crippen molar-refractivity contribution >= 4 is 35.7 Å². The summed E-state index contributed by atoms with van der Waals surface area (Å²) in [5, 5.41) is 3.02. The zero-order valence-electron chi connectivity index (χ0n) is 16.8. The maximum Gasteiger partial charge on any atom is 0.251 e. The number of nitrogens with one attached hydrogen (secondary N) is 2. The SMILES string of the molecule is C=Cc1cc(C(=O)NCc2ccc(NSC)c(C)c2)ccc1/C=C(\C)C1CC1. The van der Waals surface area contributed by atoms with Gasteiger partial charge in [-0.3, -0.25) is 4.79 Å². The van der Waals surface area contributed by atoms with Crippen molar-refractivity contribution in [1.29, 1.82) is 0 Å². The molecule has 0 spiro atoms. The summed E-state index contributed by atoms with van der Waals surface area (Å²) in [5.41, 5.74) is 7.55. The molecular weight excluding hydrogens is 364 g/mol. The van der Waals surface area contributed by atoms with Gasteiger partial charge in [0.1, 0.15) is 0 Å². The van der Waals surface area contributed by atoms with Gasteiger partial charge in [-0.1, -0.05) is 54.5 Å². The largest absolute Gasteiger partial charge is 0.348 e. The molecule has 1 fully saturated rings. The molecule has 0 aliphatic heterocycles. The lowest BCUT2D eigenvalue weighted by atomic mass is 10.00. The molecule has 0 atom stereocenters. The van der Waals surface area contributed by atoms with E-state index in [-0.39, 0.29) is 5.91 Å². The van der Waals surface area contributed by atoms with E-state index < -0.39 is 0 Å². The average Bonchev–Trinajstić information content (AvgIpc) is 3.54. The van der Waals surface area contributed by atoms with E-state index in [9.17, 15) is 4.79 Å². The second-order valence-corrected chi connectivity index (χ2v) is 7.96. The second-order valence-electron chi connectivity index (χ2n) is 7.35. The summed E-state index contributed by atoms with van der Waals surface area (Å²) < 4.78 is 3.25. The van der Waals surface area contributed by atoms with Gasteiger partial charge in [0.05, 0.1) is 0 Å². The molecular formula is C24H28N2OS. The summed E-state index contributed by atoms with van der Waals surface area (Å²) in [6, 6.07) is 12.0. The molecule has 1 aliphatic rings. The van der Waals surface area contributed by atoms with Crippen molar-refractivity contribution in [1.82, 2.24) is 5.32 Å². The summed E-state index contributed by atoms with van der Waals surface area (Å²) in [6.45, 7) is 8.68. The third-order valence-corrected chi connectivity index (χ3v) is 5.55. The van der Waals surface area contributed by atoms with Gasteiger partial charge in [-0.05, 0) is 73.1 Å². The van der Waals surface area contributed by atoms with Crippen LogP contribution in [0.1, 0.15) is 52.4 Å². The van der Waals surface area contributed by atoms with E-state index in [1.807, 2.05) is 42.7 Å². The first-order valence-corrected chi connectivity index (χ1v) is 10.9. The fourth-order valence-corrected chi connectivity index (χ4v) is 3.72. The predicted octanol–water partition coefficient (Wildman–Crippen LogP) is 6.07. The number of hydrogen-bond acceptors (Lipinski definition) is 3. The van der Waals surface area contributed by atoms with Gasteiger partial charge in [0.15, 0.2) is 0 Å². The number of allylic oxidation sites excluding steroid dienone is 1. The third-order valence-electron chi connectivity index (χ3n) is 5.13. The van der Waals surface area contributed by atoms with Crippen LogP contribution < -0.4 is 10.0 Å². The molecule has 3 nitrogen and oxygen atoms in total. The zero-order valence-corrected chi connectivity index (χ0v) is 17.7. The van der Waals surface area contributed by atoms with Crippen LogP contribution in [-0.4, -0.2) is 12.2 Å². The van der Waals surface area contributed by atoms with Gasteiger partial charge in [-0.15, -0.1) is 0 Å². The topological polar surface area (TPSA) is 41.1 Å². The highest BCUT2D eigenvalue weighted by Gasteiger charge is 2.22. The van der Waals surface area contributed by atoms with Gasteiger partial charge in [-0.2, -0.15) is 0 Å². The van der Waals surface area contributed by atoms with Gasteiger partial charge < -0.3 is 10.0 Å². The van der Waals surface area contributed by atoms with Crippen LogP contribution in [0.2, 0.25) is 0 Å². The van der Waals surface area contributed by atoms with Crippen molar-refractivity contribution in [2.75, 3.05) is 11.0 Å². The second kappa shape index (κ2) is 9.16. The molecule has 28 heavy (non-hydrogen) atoms. The van der Waals surface area contributed by atoms with Crippen molar-refractivity contribution in [3.05, 3.63) is 76.4 Å². The van der Waals surface area contributed by atoms with E-state index in [0.717, 1.165) is 33.9 Å². The Hall–Kier alpha value is -2.46. The predicted molar refractivity (Wildman–Crippen MR) is 122 cm³/mol. The third kappa shape index (κ3) is 5.08. The summed E-state index contributed by atoms with van der Waals surface area (Å²) >= 11 is 1.57. The number of benzene rings is 2. The summed E-state index contributed by atoms with van der Waals surface area (Å²) in [6.07, 6.45) is 8.63.